The van der Waals surface area contributed by atoms with E-state index in [1.54, 1.807) is 16.8 Å². The minimum atomic E-state index is 0.00167. The number of ketones is 1. The Morgan fingerprint density at radius 1 is 1.47 bits per heavy atom. The molecule has 0 aliphatic heterocycles. The minimum Gasteiger partial charge on any atom is -0.294 e. The standard InChI is InChI=1S/C13H13ClIN3O/c1-8(2)18-13(16-7-17-18)6-12(19)10-5-9(14)3-4-11(10)15/h3-5,7-8H,6H2,1-2H3. The van der Waals surface area contributed by atoms with E-state index < -0.39 is 0 Å². The summed E-state index contributed by atoms with van der Waals surface area (Å²) >= 11 is 8.07. The van der Waals surface area contributed by atoms with Gasteiger partial charge in [-0.25, -0.2) is 9.67 Å². The normalized spacial score (nSPS) is 11.0. The predicted octanol–water partition coefficient (Wildman–Crippen LogP) is 3.54. The monoisotopic (exact) mass is 389 g/mol. The topological polar surface area (TPSA) is 47.8 Å². The van der Waals surface area contributed by atoms with E-state index in [-0.39, 0.29) is 18.2 Å². The van der Waals surface area contributed by atoms with E-state index in [4.69, 9.17) is 11.6 Å². The third-order valence-electron chi connectivity index (χ3n) is 2.68. The van der Waals surface area contributed by atoms with Gasteiger partial charge in [0, 0.05) is 20.2 Å². The zero-order valence-corrected chi connectivity index (χ0v) is 13.5. The molecule has 2 rings (SSSR count). The average molecular weight is 390 g/mol. The first-order valence-electron chi connectivity index (χ1n) is 5.85. The molecule has 1 aromatic carbocycles. The average Bonchev–Trinajstić information content (AvgIpc) is 2.80. The van der Waals surface area contributed by atoms with Crippen LogP contribution in [0, 0.1) is 3.57 Å². The van der Waals surface area contributed by atoms with Gasteiger partial charge in [-0.15, -0.1) is 0 Å². The highest BCUT2D eigenvalue weighted by Gasteiger charge is 2.16. The molecule has 19 heavy (non-hydrogen) atoms. The summed E-state index contributed by atoms with van der Waals surface area (Å²) in [5, 5.41) is 4.69. The van der Waals surface area contributed by atoms with E-state index in [2.05, 4.69) is 32.7 Å². The van der Waals surface area contributed by atoms with Crippen molar-refractivity contribution in [1.82, 2.24) is 14.8 Å². The Balaban J connectivity index is 2.26. The van der Waals surface area contributed by atoms with Crippen LogP contribution in [0.5, 0.6) is 0 Å². The summed E-state index contributed by atoms with van der Waals surface area (Å²) < 4.78 is 2.65. The number of Topliss-reactive ketones (excluding diaryl/α,β-unsaturated/α-hetero) is 1. The van der Waals surface area contributed by atoms with Gasteiger partial charge in [0.25, 0.3) is 0 Å². The molecule has 0 aliphatic carbocycles. The predicted molar refractivity (Wildman–Crippen MR) is 82.6 cm³/mol. The van der Waals surface area contributed by atoms with Gasteiger partial charge < -0.3 is 0 Å². The number of nitrogens with zero attached hydrogens (tertiary/aromatic N) is 3. The summed E-state index contributed by atoms with van der Waals surface area (Å²) in [6.45, 7) is 4.01. The summed E-state index contributed by atoms with van der Waals surface area (Å²) in [5.74, 6) is 0.678. The molecule has 0 fully saturated rings. The second-order valence-corrected chi connectivity index (χ2v) is 6.04. The van der Waals surface area contributed by atoms with Crippen LogP contribution in [0.1, 0.15) is 36.1 Å². The lowest BCUT2D eigenvalue weighted by Crippen LogP contribution is -2.14. The van der Waals surface area contributed by atoms with Crippen molar-refractivity contribution in [2.45, 2.75) is 26.3 Å². The zero-order valence-electron chi connectivity index (χ0n) is 10.6. The fourth-order valence-electron chi connectivity index (χ4n) is 1.78. The van der Waals surface area contributed by atoms with Crippen LogP contribution in [0.25, 0.3) is 0 Å². The van der Waals surface area contributed by atoms with Gasteiger partial charge in [-0.3, -0.25) is 4.79 Å². The second-order valence-electron chi connectivity index (χ2n) is 4.44. The van der Waals surface area contributed by atoms with Crippen molar-refractivity contribution in [1.29, 1.82) is 0 Å². The molecule has 100 valence electrons. The van der Waals surface area contributed by atoms with Gasteiger partial charge >= 0.3 is 0 Å². The smallest absolute Gasteiger partial charge is 0.171 e. The van der Waals surface area contributed by atoms with Crippen molar-refractivity contribution in [3.63, 3.8) is 0 Å². The third kappa shape index (κ3) is 3.33. The van der Waals surface area contributed by atoms with Crippen LogP contribution in [0.3, 0.4) is 0 Å². The molecular formula is C13H13ClIN3O. The molecule has 0 bridgehead atoms. The van der Waals surface area contributed by atoms with Crippen LogP contribution < -0.4 is 0 Å². The van der Waals surface area contributed by atoms with Gasteiger partial charge in [0.05, 0.1) is 6.42 Å². The molecule has 0 radical (unpaired) electrons. The maximum absolute atomic E-state index is 12.3. The van der Waals surface area contributed by atoms with Crippen molar-refractivity contribution in [2.75, 3.05) is 0 Å². The minimum absolute atomic E-state index is 0.00167. The fourth-order valence-corrected chi connectivity index (χ4v) is 2.59. The Hall–Kier alpha value is -0.950. The van der Waals surface area contributed by atoms with E-state index in [9.17, 15) is 4.79 Å². The van der Waals surface area contributed by atoms with Gasteiger partial charge in [-0.05, 0) is 54.6 Å². The summed E-state index contributed by atoms with van der Waals surface area (Å²) in [7, 11) is 0. The van der Waals surface area contributed by atoms with E-state index in [0.717, 1.165) is 3.57 Å². The quantitative estimate of drug-likeness (QED) is 0.593. The lowest BCUT2D eigenvalue weighted by molar-refractivity contribution is 0.0988. The highest BCUT2D eigenvalue weighted by Crippen LogP contribution is 2.20. The molecule has 0 spiro atoms. The first-order chi connectivity index (χ1) is 8.99. The number of carbonyl (C=O) groups excluding carboxylic acids is 1. The van der Waals surface area contributed by atoms with Crippen LogP contribution in [-0.2, 0) is 6.42 Å². The Labute approximate surface area is 130 Å². The molecular weight excluding hydrogens is 377 g/mol. The van der Waals surface area contributed by atoms with Crippen molar-refractivity contribution in [2.24, 2.45) is 0 Å². The summed E-state index contributed by atoms with van der Waals surface area (Å²) in [5.41, 5.74) is 0.631. The molecule has 0 unspecified atom stereocenters. The Kier molecular flexibility index (Phi) is 4.57. The molecule has 0 saturated heterocycles. The van der Waals surface area contributed by atoms with Gasteiger partial charge in [-0.1, -0.05) is 11.6 Å². The van der Waals surface area contributed by atoms with Crippen molar-refractivity contribution in [3.05, 3.63) is 44.5 Å². The first-order valence-corrected chi connectivity index (χ1v) is 7.31. The van der Waals surface area contributed by atoms with Gasteiger partial charge in [0.1, 0.15) is 12.2 Å². The number of rotatable bonds is 4. The molecule has 0 atom stereocenters. The number of halogens is 2. The maximum Gasteiger partial charge on any atom is 0.171 e. The summed E-state index contributed by atoms with van der Waals surface area (Å²) in [4.78, 5) is 16.5. The van der Waals surface area contributed by atoms with Crippen LogP contribution >= 0.6 is 34.2 Å². The molecule has 2 aromatic rings. The zero-order chi connectivity index (χ0) is 14.0. The Morgan fingerprint density at radius 2 is 2.21 bits per heavy atom. The van der Waals surface area contributed by atoms with Crippen molar-refractivity contribution < 1.29 is 4.79 Å². The van der Waals surface area contributed by atoms with Gasteiger partial charge in [-0.2, -0.15) is 5.10 Å². The number of carbonyl (C=O) groups is 1. The van der Waals surface area contributed by atoms with Crippen LogP contribution in [0.15, 0.2) is 24.5 Å². The molecule has 0 aliphatic rings. The molecule has 0 N–H and O–H groups in total. The Morgan fingerprint density at radius 3 is 2.89 bits per heavy atom. The second kappa shape index (κ2) is 6.00. The van der Waals surface area contributed by atoms with Gasteiger partial charge in [0.2, 0.25) is 0 Å². The largest absolute Gasteiger partial charge is 0.294 e. The van der Waals surface area contributed by atoms with Crippen LogP contribution in [0.4, 0.5) is 0 Å². The van der Waals surface area contributed by atoms with Crippen molar-refractivity contribution in [3.8, 4) is 0 Å². The van der Waals surface area contributed by atoms with Crippen LogP contribution in [-0.4, -0.2) is 20.5 Å². The molecule has 4 nitrogen and oxygen atoms in total. The first kappa shape index (κ1) is 14.5. The highest BCUT2D eigenvalue weighted by molar-refractivity contribution is 14.1. The molecule has 6 heteroatoms. The summed E-state index contributed by atoms with van der Waals surface area (Å²) in [6, 6.07) is 5.49. The van der Waals surface area contributed by atoms with E-state index in [1.165, 1.54) is 6.33 Å². The van der Waals surface area contributed by atoms with Gasteiger partial charge in [0.15, 0.2) is 5.78 Å². The molecule has 0 amide bonds. The van der Waals surface area contributed by atoms with E-state index in [0.29, 0.717) is 16.4 Å². The molecule has 1 heterocycles. The highest BCUT2D eigenvalue weighted by atomic mass is 127. The number of hydrogen-bond acceptors (Lipinski definition) is 3. The molecule has 0 saturated carbocycles. The number of aromatic nitrogens is 3. The Bertz CT molecular complexity index is 610. The lowest BCUT2D eigenvalue weighted by Gasteiger charge is -2.09. The lowest BCUT2D eigenvalue weighted by atomic mass is 10.1. The SMILES string of the molecule is CC(C)n1ncnc1CC(=O)c1cc(Cl)ccc1I. The fraction of sp³-hybridized carbons (Fsp3) is 0.308. The summed E-state index contributed by atoms with van der Waals surface area (Å²) in [6.07, 6.45) is 1.71. The number of hydrogen-bond donors (Lipinski definition) is 0. The third-order valence-corrected chi connectivity index (χ3v) is 3.86. The van der Waals surface area contributed by atoms with Crippen LogP contribution in [0.2, 0.25) is 5.02 Å². The van der Waals surface area contributed by atoms with E-state index in [1.807, 2.05) is 19.9 Å². The van der Waals surface area contributed by atoms with Crippen molar-refractivity contribution >= 4 is 40.0 Å². The maximum atomic E-state index is 12.3. The number of benzene rings is 1. The van der Waals surface area contributed by atoms with E-state index >= 15 is 0 Å². The molecule has 1 aromatic heterocycles.